The molecule has 0 amide bonds. The highest BCUT2D eigenvalue weighted by atomic mass is 19.4. The average Bonchev–Trinajstić information content (AvgIpc) is 2.96. The monoisotopic (exact) mass is 350 g/mol. The van der Waals surface area contributed by atoms with Gasteiger partial charge in [-0.15, -0.1) is 0 Å². The Labute approximate surface area is 142 Å². The normalized spacial score (nSPS) is 11.7. The van der Waals surface area contributed by atoms with Gasteiger partial charge in [0, 0.05) is 33.1 Å². The largest absolute Gasteiger partial charge is 0.433 e. The summed E-state index contributed by atoms with van der Waals surface area (Å²) in [5.74, 6) is 0.872. The van der Waals surface area contributed by atoms with Crippen molar-refractivity contribution in [2.24, 2.45) is 0 Å². The molecule has 3 aromatic rings. The van der Waals surface area contributed by atoms with E-state index in [0.29, 0.717) is 13.0 Å². The van der Waals surface area contributed by atoms with Crippen molar-refractivity contribution in [1.82, 2.24) is 19.9 Å². The van der Waals surface area contributed by atoms with E-state index in [9.17, 15) is 13.2 Å². The number of benzene rings is 1. The fourth-order valence-electron chi connectivity index (χ4n) is 2.30. The standard InChI is InChI=1S/C16H17F3N6/c1-25(2)14-9-12(16(17,18)19)23-15(24-14)20-8-7-13-21-10-5-3-4-6-11(10)22-13/h3-6,9H,7-8H2,1-2H3,(H,21,22)(H,20,23,24). The molecule has 0 aliphatic rings. The smallest absolute Gasteiger partial charge is 0.363 e. The minimum absolute atomic E-state index is 0.0605. The number of para-hydroxylation sites is 2. The number of rotatable bonds is 5. The van der Waals surface area contributed by atoms with Gasteiger partial charge < -0.3 is 15.2 Å². The van der Waals surface area contributed by atoms with Gasteiger partial charge in [0.2, 0.25) is 5.95 Å². The van der Waals surface area contributed by atoms with Gasteiger partial charge in [0.05, 0.1) is 11.0 Å². The zero-order valence-corrected chi connectivity index (χ0v) is 13.7. The average molecular weight is 350 g/mol. The molecule has 0 bridgehead atoms. The van der Waals surface area contributed by atoms with Crippen LogP contribution in [-0.4, -0.2) is 40.6 Å². The first-order chi connectivity index (χ1) is 11.8. The number of imidazole rings is 1. The van der Waals surface area contributed by atoms with E-state index in [1.165, 1.54) is 4.90 Å². The summed E-state index contributed by atoms with van der Waals surface area (Å²) in [5.41, 5.74) is 0.794. The number of nitrogens with zero attached hydrogens (tertiary/aromatic N) is 4. The van der Waals surface area contributed by atoms with Crippen LogP contribution in [0.3, 0.4) is 0 Å². The third kappa shape index (κ3) is 3.98. The Bertz CT molecular complexity index is 839. The Morgan fingerprint density at radius 3 is 2.56 bits per heavy atom. The van der Waals surface area contributed by atoms with Crippen molar-refractivity contribution in [2.45, 2.75) is 12.6 Å². The Hall–Kier alpha value is -2.84. The lowest BCUT2D eigenvalue weighted by Gasteiger charge is -2.15. The number of aromatic nitrogens is 4. The molecule has 6 nitrogen and oxygen atoms in total. The molecule has 9 heteroatoms. The van der Waals surface area contributed by atoms with E-state index < -0.39 is 11.9 Å². The highest BCUT2D eigenvalue weighted by Crippen LogP contribution is 2.30. The van der Waals surface area contributed by atoms with E-state index in [0.717, 1.165) is 22.9 Å². The van der Waals surface area contributed by atoms with Crippen molar-refractivity contribution < 1.29 is 13.2 Å². The van der Waals surface area contributed by atoms with Crippen LogP contribution in [0.1, 0.15) is 11.5 Å². The maximum absolute atomic E-state index is 13.0. The zero-order chi connectivity index (χ0) is 18.0. The lowest BCUT2D eigenvalue weighted by Crippen LogP contribution is -2.18. The number of H-pyrrole nitrogens is 1. The zero-order valence-electron chi connectivity index (χ0n) is 13.7. The van der Waals surface area contributed by atoms with Crippen molar-refractivity contribution in [2.75, 3.05) is 30.9 Å². The van der Waals surface area contributed by atoms with Crippen LogP contribution >= 0.6 is 0 Å². The van der Waals surface area contributed by atoms with Crippen molar-refractivity contribution in [3.05, 3.63) is 41.9 Å². The van der Waals surface area contributed by atoms with Gasteiger partial charge in [-0.25, -0.2) is 9.97 Å². The molecule has 2 N–H and O–H groups in total. The highest BCUT2D eigenvalue weighted by Gasteiger charge is 2.34. The number of hydrogen-bond acceptors (Lipinski definition) is 5. The Morgan fingerprint density at radius 2 is 1.88 bits per heavy atom. The van der Waals surface area contributed by atoms with Crippen LogP contribution in [0.25, 0.3) is 11.0 Å². The molecular weight excluding hydrogens is 333 g/mol. The van der Waals surface area contributed by atoms with Crippen LogP contribution in [-0.2, 0) is 12.6 Å². The molecule has 0 saturated carbocycles. The molecule has 25 heavy (non-hydrogen) atoms. The SMILES string of the molecule is CN(C)c1cc(C(F)(F)F)nc(NCCc2nc3ccccc3[nH]2)n1. The molecule has 0 aliphatic carbocycles. The third-order valence-corrected chi connectivity index (χ3v) is 3.54. The summed E-state index contributed by atoms with van der Waals surface area (Å²) in [4.78, 5) is 16.7. The number of nitrogens with one attached hydrogen (secondary N) is 2. The lowest BCUT2D eigenvalue weighted by atomic mass is 10.3. The molecule has 0 fully saturated rings. The first-order valence-electron chi connectivity index (χ1n) is 7.64. The van der Waals surface area contributed by atoms with E-state index in [-0.39, 0.29) is 11.8 Å². The summed E-state index contributed by atoms with van der Waals surface area (Å²) in [6.45, 7) is 0.355. The van der Waals surface area contributed by atoms with Gasteiger partial charge in [-0.05, 0) is 12.1 Å². The van der Waals surface area contributed by atoms with Gasteiger partial charge in [-0.2, -0.15) is 18.2 Å². The van der Waals surface area contributed by atoms with E-state index >= 15 is 0 Å². The molecule has 2 aromatic heterocycles. The number of aromatic amines is 1. The van der Waals surface area contributed by atoms with Crippen LogP contribution < -0.4 is 10.2 Å². The third-order valence-electron chi connectivity index (χ3n) is 3.54. The van der Waals surface area contributed by atoms with Gasteiger partial charge >= 0.3 is 6.18 Å². The molecule has 132 valence electrons. The maximum atomic E-state index is 13.0. The fraction of sp³-hybridized carbons (Fsp3) is 0.312. The Kier molecular flexibility index (Phi) is 4.47. The van der Waals surface area contributed by atoms with Gasteiger partial charge in [0.15, 0.2) is 5.69 Å². The van der Waals surface area contributed by atoms with Crippen molar-refractivity contribution >= 4 is 22.8 Å². The summed E-state index contributed by atoms with van der Waals surface area (Å²) in [6.07, 6.45) is -4.02. The minimum Gasteiger partial charge on any atom is -0.363 e. The predicted molar refractivity (Wildman–Crippen MR) is 89.6 cm³/mol. The predicted octanol–water partition coefficient (Wildman–Crippen LogP) is 3.09. The topological polar surface area (TPSA) is 69.7 Å². The molecule has 3 rings (SSSR count). The lowest BCUT2D eigenvalue weighted by molar-refractivity contribution is -0.141. The maximum Gasteiger partial charge on any atom is 0.433 e. The molecular formula is C16H17F3N6. The van der Waals surface area contributed by atoms with Crippen molar-refractivity contribution in [1.29, 1.82) is 0 Å². The van der Waals surface area contributed by atoms with E-state index in [2.05, 4.69) is 25.3 Å². The Balaban J connectivity index is 1.72. The molecule has 0 saturated heterocycles. The number of halogens is 3. The second-order valence-corrected chi connectivity index (χ2v) is 5.70. The van der Waals surface area contributed by atoms with Crippen LogP contribution in [0.5, 0.6) is 0 Å². The minimum atomic E-state index is -4.52. The fourth-order valence-corrected chi connectivity index (χ4v) is 2.30. The van der Waals surface area contributed by atoms with Gasteiger partial charge in [0.25, 0.3) is 0 Å². The first kappa shape index (κ1) is 17.0. The summed E-state index contributed by atoms with van der Waals surface area (Å²) in [6, 6.07) is 8.53. The molecule has 0 atom stereocenters. The highest BCUT2D eigenvalue weighted by molar-refractivity contribution is 5.74. The van der Waals surface area contributed by atoms with Crippen LogP contribution in [0.2, 0.25) is 0 Å². The summed E-state index contributed by atoms with van der Waals surface area (Å²) >= 11 is 0. The summed E-state index contributed by atoms with van der Waals surface area (Å²) in [5, 5.41) is 2.84. The summed E-state index contributed by atoms with van der Waals surface area (Å²) in [7, 11) is 3.25. The van der Waals surface area contributed by atoms with E-state index in [1.807, 2.05) is 24.3 Å². The first-order valence-corrected chi connectivity index (χ1v) is 7.64. The molecule has 2 heterocycles. The van der Waals surface area contributed by atoms with Gasteiger partial charge in [0.1, 0.15) is 11.6 Å². The Morgan fingerprint density at radius 1 is 1.12 bits per heavy atom. The van der Waals surface area contributed by atoms with E-state index in [1.54, 1.807) is 14.1 Å². The number of alkyl halides is 3. The van der Waals surface area contributed by atoms with Crippen molar-refractivity contribution in [3.63, 3.8) is 0 Å². The molecule has 0 aliphatic heterocycles. The quantitative estimate of drug-likeness (QED) is 0.740. The van der Waals surface area contributed by atoms with Crippen molar-refractivity contribution in [3.8, 4) is 0 Å². The van der Waals surface area contributed by atoms with Gasteiger partial charge in [-0.3, -0.25) is 0 Å². The number of hydrogen-bond donors (Lipinski definition) is 2. The van der Waals surface area contributed by atoms with Crippen LogP contribution in [0.4, 0.5) is 24.9 Å². The second kappa shape index (κ2) is 6.58. The number of fused-ring (bicyclic) bond motifs is 1. The van der Waals surface area contributed by atoms with Gasteiger partial charge in [-0.1, -0.05) is 12.1 Å². The summed E-state index contributed by atoms with van der Waals surface area (Å²) < 4.78 is 38.9. The van der Waals surface area contributed by atoms with E-state index in [4.69, 9.17) is 0 Å². The molecule has 1 aromatic carbocycles. The van der Waals surface area contributed by atoms with Crippen LogP contribution in [0.15, 0.2) is 30.3 Å². The van der Waals surface area contributed by atoms with Crippen LogP contribution in [0, 0.1) is 0 Å². The second-order valence-electron chi connectivity index (χ2n) is 5.70. The number of anilines is 2. The molecule has 0 spiro atoms. The molecule has 0 radical (unpaired) electrons. The molecule has 0 unspecified atom stereocenters.